The number of benzene rings is 1. The number of fused-ring (bicyclic) bond motifs is 1. The summed E-state index contributed by atoms with van der Waals surface area (Å²) in [7, 11) is 0. The van der Waals surface area contributed by atoms with Crippen molar-refractivity contribution in [3.8, 4) is 5.75 Å². The molecular weight excluding hydrogens is 256 g/mol. The molecule has 0 fully saturated rings. The molecule has 2 aromatic rings. The molecule has 0 saturated carbocycles. The molecule has 5 nitrogen and oxygen atoms in total. The van der Waals surface area contributed by atoms with E-state index < -0.39 is 0 Å². The summed E-state index contributed by atoms with van der Waals surface area (Å²) in [6.45, 7) is 4.57. The van der Waals surface area contributed by atoms with Crippen molar-refractivity contribution in [3.63, 3.8) is 0 Å². The lowest BCUT2D eigenvalue weighted by molar-refractivity contribution is 0.132. The van der Waals surface area contributed by atoms with Crippen LogP contribution in [0.5, 0.6) is 5.75 Å². The minimum atomic E-state index is -0.0121. The van der Waals surface area contributed by atoms with Gasteiger partial charge in [-0.05, 0) is 36.6 Å². The second-order valence-electron chi connectivity index (χ2n) is 4.40. The Bertz CT molecular complexity index is 622. The first kappa shape index (κ1) is 14.6. The first-order valence-corrected chi connectivity index (χ1v) is 6.80. The van der Waals surface area contributed by atoms with Gasteiger partial charge >= 0.3 is 0 Å². The lowest BCUT2D eigenvalue weighted by Gasteiger charge is -2.09. The highest BCUT2D eigenvalue weighted by atomic mass is 16.5. The van der Waals surface area contributed by atoms with Crippen LogP contribution in [0.4, 0.5) is 0 Å². The number of nitrogens with zero attached hydrogens (tertiary/aromatic N) is 1. The maximum Gasteiger partial charge on any atom is 0.258 e. The van der Waals surface area contributed by atoms with E-state index in [4.69, 9.17) is 15.2 Å². The number of nitrogens with two attached hydrogens (primary N) is 1. The van der Waals surface area contributed by atoms with Crippen molar-refractivity contribution >= 4 is 10.8 Å². The molecule has 0 atom stereocenters. The highest BCUT2D eigenvalue weighted by Gasteiger charge is 2.04. The summed E-state index contributed by atoms with van der Waals surface area (Å²) in [4.78, 5) is 12.3. The van der Waals surface area contributed by atoms with E-state index in [0.29, 0.717) is 38.3 Å². The zero-order valence-corrected chi connectivity index (χ0v) is 11.7. The van der Waals surface area contributed by atoms with Crippen molar-refractivity contribution in [3.05, 3.63) is 40.8 Å². The van der Waals surface area contributed by atoms with Crippen molar-refractivity contribution in [1.82, 2.24) is 4.57 Å². The number of hydrogen-bond acceptors (Lipinski definition) is 4. The molecule has 0 radical (unpaired) electrons. The van der Waals surface area contributed by atoms with E-state index >= 15 is 0 Å². The highest BCUT2D eigenvalue weighted by molar-refractivity contribution is 5.82. The third-order valence-corrected chi connectivity index (χ3v) is 3.00. The van der Waals surface area contributed by atoms with Crippen LogP contribution in [0.2, 0.25) is 0 Å². The first-order valence-electron chi connectivity index (χ1n) is 6.80. The quantitative estimate of drug-likeness (QED) is 0.776. The Morgan fingerprint density at radius 3 is 2.85 bits per heavy atom. The summed E-state index contributed by atoms with van der Waals surface area (Å²) in [6, 6.07) is 7.43. The fraction of sp³-hybridized carbons (Fsp3) is 0.400. The Kier molecular flexibility index (Phi) is 5.15. The minimum absolute atomic E-state index is 0.0121. The molecule has 1 aromatic heterocycles. The standard InChI is InChI=1S/C15H20N2O3/c1-2-20-13-3-4-14-12(11-13)5-7-17(15(14)18)8-10-19-9-6-16/h3-5,7,11H,2,6,8-10,16H2,1H3. The summed E-state index contributed by atoms with van der Waals surface area (Å²) in [5, 5.41) is 1.58. The Balaban J connectivity index is 2.20. The summed E-state index contributed by atoms with van der Waals surface area (Å²) in [5.74, 6) is 0.781. The van der Waals surface area contributed by atoms with Crippen LogP contribution >= 0.6 is 0 Å². The Labute approximate surface area is 117 Å². The molecule has 0 bridgehead atoms. The predicted octanol–water partition coefficient (Wildman–Crippen LogP) is 1.38. The van der Waals surface area contributed by atoms with Crippen LogP contribution in [0.1, 0.15) is 6.92 Å². The summed E-state index contributed by atoms with van der Waals surface area (Å²) in [6.07, 6.45) is 1.78. The van der Waals surface area contributed by atoms with Crippen molar-refractivity contribution in [2.24, 2.45) is 5.73 Å². The topological polar surface area (TPSA) is 66.5 Å². The van der Waals surface area contributed by atoms with Crippen molar-refractivity contribution in [2.75, 3.05) is 26.4 Å². The molecule has 1 heterocycles. The molecule has 0 aliphatic heterocycles. The van der Waals surface area contributed by atoms with Crippen LogP contribution in [0.25, 0.3) is 10.8 Å². The normalized spacial score (nSPS) is 10.9. The van der Waals surface area contributed by atoms with E-state index in [1.807, 2.05) is 25.1 Å². The number of rotatable bonds is 7. The third-order valence-electron chi connectivity index (χ3n) is 3.00. The number of hydrogen-bond donors (Lipinski definition) is 1. The molecule has 0 aliphatic carbocycles. The summed E-state index contributed by atoms with van der Waals surface area (Å²) < 4.78 is 12.4. The molecule has 2 rings (SSSR count). The van der Waals surface area contributed by atoms with Crippen molar-refractivity contribution in [1.29, 1.82) is 0 Å². The lowest BCUT2D eigenvalue weighted by atomic mass is 10.1. The smallest absolute Gasteiger partial charge is 0.258 e. The van der Waals surface area contributed by atoms with Gasteiger partial charge in [0.15, 0.2) is 0 Å². The molecule has 20 heavy (non-hydrogen) atoms. The number of pyridine rings is 1. The van der Waals surface area contributed by atoms with Gasteiger partial charge in [0.05, 0.1) is 19.8 Å². The van der Waals surface area contributed by atoms with Gasteiger partial charge in [0.2, 0.25) is 0 Å². The van der Waals surface area contributed by atoms with Crippen molar-refractivity contribution in [2.45, 2.75) is 13.5 Å². The number of ether oxygens (including phenoxy) is 2. The second-order valence-corrected chi connectivity index (χ2v) is 4.40. The zero-order valence-electron chi connectivity index (χ0n) is 11.7. The Hall–Kier alpha value is -1.85. The molecule has 108 valence electrons. The first-order chi connectivity index (χ1) is 9.76. The van der Waals surface area contributed by atoms with E-state index in [0.717, 1.165) is 11.1 Å². The van der Waals surface area contributed by atoms with E-state index in [-0.39, 0.29) is 5.56 Å². The van der Waals surface area contributed by atoms with Gasteiger partial charge < -0.3 is 19.8 Å². The van der Waals surface area contributed by atoms with Gasteiger partial charge in [-0.25, -0.2) is 0 Å². The van der Waals surface area contributed by atoms with Crippen LogP contribution in [-0.2, 0) is 11.3 Å². The average molecular weight is 276 g/mol. The molecule has 2 N–H and O–H groups in total. The maximum atomic E-state index is 12.3. The van der Waals surface area contributed by atoms with Gasteiger partial charge in [-0.2, -0.15) is 0 Å². The van der Waals surface area contributed by atoms with Crippen LogP contribution < -0.4 is 16.0 Å². The fourth-order valence-electron chi connectivity index (χ4n) is 2.05. The van der Waals surface area contributed by atoms with Crippen LogP contribution in [0, 0.1) is 0 Å². The van der Waals surface area contributed by atoms with E-state index in [1.54, 1.807) is 16.8 Å². The molecule has 0 spiro atoms. The average Bonchev–Trinajstić information content (AvgIpc) is 2.46. The molecule has 0 amide bonds. The minimum Gasteiger partial charge on any atom is -0.494 e. The Morgan fingerprint density at radius 2 is 2.10 bits per heavy atom. The number of aromatic nitrogens is 1. The van der Waals surface area contributed by atoms with Gasteiger partial charge in [0.1, 0.15) is 5.75 Å². The molecule has 0 saturated heterocycles. The lowest BCUT2D eigenvalue weighted by Crippen LogP contribution is -2.22. The Morgan fingerprint density at radius 1 is 1.25 bits per heavy atom. The van der Waals surface area contributed by atoms with Crippen LogP contribution in [0.3, 0.4) is 0 Å². The molecular formula is C15H20N2O3. The van der Waals surface area contributed by atoms with Crippen LogP contribution in [0.15, 0.2) is 35.3 Å². The van der Waals surface area contributed by atoms with Gasteiger partial charge in [-0.1, -0.05) is 0 Å². The van der Waals surface area contributed by atoms with E-state index in [2.05, 4.69) is 0 Å². The molecule has 0 aliphatic rings. The van der Waals surface area contributed by atoms with Gasteiger partial charge in [0, 0.05) is 24.7 Å². The van der Waals surface area contributed by atoms with E-state index in [9.17, 15) is 4.79 Å². The zero-order chi connectivity index (χ0) is 14.4. The van der Waals surface area contributed by atoms with Crippen LogP contribution in [-0.4, -0.2) is 30.9 Å². The predicted molar refractivity (Wildman–Crippen MR) is 79.3 cm³/mol. The monoisotopic (exact) mass is 276 g/mol. The largest absolute Gasteiger partial charge is 0.494 e. The summed E-state index contributed by atoms with van der Waals surface area (Å²) >= 11 is 0. The van der Waals surface area contributed by atoms with Gasteiger partial charge in [-0.15, -0.1) is 0 Å². The van der Waals surface area contributed by atoms with E-state index in [1.165, 1.54) is 0 Å². The summed E-state index contributed by atoms with van der Waals surface area (Å²) in [5.41, 5.74) is 5.33. The van der Waals surface area contributed by atoms with Crippen molar-refractivity contribution < 1.29 is 9.47 Å². The van der Waals surface area contributed by atoms with Gasteiger partial charge in [-0.3, -0.25) is 4.79 Å². The maximum absolute atomic E-state index is 12.3. The SMILES string of the molecule is CCOc1ccc2c(=O)n(CCOCCN)ccc2c1. The second kappa shape index (κ2) is 7.07. The molecule has 0 unspecified atom stereocenters. The third kappa shape index (κ3) is 3.37. The molecule has 1 aromatic carbocycles. The van der Waals surface area contributed by atoms with Gasteiger partial charge in [0.25, 0.3) is 5.56 Å². The highest BCUT2D eigenvalue weighted by Crippen LogP contribution is 2.18. The fourth-order valence-corrected chi connectivity index (χ4v) is 2.05. The molecule has 5 heteroatoms.